The van der Waals surface area contributed by atoms with Gasteiger partial charge in [-0.3, -0.25) is 10.1 Å². The number of aliphatic hydroxyl groups is 1. The molecule has 6 heteroatoms. The molecule has 0 radical (unpaired) electrons. The maximum Gasteiger partial charge on any atom is 0.274 e. The molecule has 0 spiro atoms. The largest absolute Gasteiger partial charge is 0.391 e. The Labute approximate surface area is 93.5 Å². The van der Waals surface area contributed by atoms with Crippen LogP contribution in [0.25, 0.3) is 0 Å². The van der Waals surface area contributed by atoms with Gasteiger partial charge in [0.05, 0.1) is 17.1 Å². The van der Waals surface area contributed by atoms with Crippen molar-refractivity contribution in [1.29, 1.82) is 0 Å². The first kappa shape index (κ1) is 12.4. The molecule has 1 aromatic rings. The fourth-order valence-corrected chi connectivity index (χ4v) is 1.07. The first-order valence-electron chi connectivity index (χ1n) is 5.03. The quantitative estimate of drug-likeness (QED) is 0.584. The molecule has 0 aliphatic carbocycles. The molecule has 0 bridgehead atoms. The predicted octanol–water partition coefficient (Wildman–Crippen LogP) is 1.42. The summed E-state index contributed by atoms with van der Waals surface area (Å²) in [7, 11) is 0. The lowest BCUT2D eigenvalue weighted by Gasteiger charge is -2.15. The minimum atomic E-state index is -0.499. The standard InChI is InChI=1S/C10H15N3O3/c1-7(2)9(14)6-12-10-5-8(13(15)16)3-4-11-10/h3-5,7,9,14H,6H2,1-2H3,(H,11,12). The fourth-order valence-electron chi connectivity index (χ4n) is 1.07. The first-order valence-corrected chi connectivity index (χ1v) is 5.03. The highest BCUT2D eigenvalue weighted by Gasteiger charge is 2.10. The summed E-state index contributed by atoms with van der Waals surface area (Å²) in [5.41, 5.74) is -0.0171. The van der Waals surface area contributed by atoms with E-state index in [1.807, 2.05) is 13.8 Å². The van der Waals surface area contributed by atoms with Crippen molar-refractivity contribution < 1.29 is 10.0 Å². The van der Waals surface area contributed by atoms with Gasteiger partial charge in [-0.15, -0.1) is 0 Å². The molecule has 0 fully saturated rings. The van der Waals surface area contributed by atoms with Crippen molar-refractivity contribution >= 4 is 11.5 Å². The van der Waals surface area contributed by atoms with Crippen LogP contribution in [0.5, 0.6) is 0 Å². The number of nitro groups is 1. The maximum atomic E-state index is 10.5. The van der Waals surface area contributed by atoms with Gasteiger partial charge in [-0.2, -0.15) is 0 Å². The Morgan fingerprint density at radius 2 is 2.31 bits per heavy atom. The summed E-state index contributed by atoms with van der Waals surface area (Å²) in [5.74, 6) is 0.528. The van der Waals surface area contributed by atoms with Gasteiger partial charge < -0.3 is 10.4 Å². The van der Waals surface area contributed by atoms with Gasteiger partial charge in [-0.1, -0.05) is 13.8 Å². The van der Waals surface area contributed by atoms with Gasteiger partial charge in [-0.05, 0) is 5.92 Å². The zero-order valence-corrected chi connectivity index (χ0v) is 9.25. The highest BCUT2D eigenvalue weighted by atomic mass is 16.6. The van der Waals surface area contributed by atoms with E-state index >= 15 is 0 Å². The smallest absolute Gasteiger partial charge is 0.274 e. The number of nitrogens with zero attached hydrogens (tertiary/aromatic N) is 2. The second kappa shape index (κ2) is 5.41. The van der Waals surface area contributed by atoms with Gasteiger partial charge in [0.15, 0.2) is 0 Å². The van der Waals surface area contributed by atoms with Crippen LogP contribution < -0.4 is 5.32 Å². The van der Waals surface area contributed by atoms with Crippen molar-refractivity contribution in [2.45, 2.75) is 20.0 Å². The minimum absolute atomic E-state index is 0.0171. The molecule has 0 saturated heterocycles. The first-order chi connectivity index (χ1) is 7.50. The molecule has 1 heterocycles. The van der Waals surface area contributed by atoms with Crippen molar-refractivity contribution in [2.75, 3.05) is 11.9 Å². The normalized spacial score (nSPS) is 12.5. The molecule has 0 aliphatic heterocycles. The molecule has 1 rings (SSSR count). The van der Waals surface area contributed by atoms with Crippen LogP contribution in [0.15, 0.2) is 18.3 Å². The van der Waals surface area contributed by atoms with Gasteiger partial charge in [0.1, 0.15) is 5.82 Å². The van der Waals surface area contributed by atoms with Crippen LogP contribution in [0.1, 0.15) is 13.8 Å². The molecule has 1 unspecified atom stereocenters. The van der Waals surface area contributed by atoms with E-state index in [4.69, 9.17) is 0 Å². The summed E-state index contributed by atoms with van der Waals surface area (Å²) in [6.07, 6.45) is 0.864. The average molecular weight is 225 g/mol. The average Bonchev–Trinajstić information content (AvgIpc) is 2.26. The zero-order chi connectivity index (χ0) is 12.1. The van der Waals surface area contributed by atoms with Crippen LogP contribution in [0.4, 0.5) is 11.5 Å². The number of pyridine rings is 1. The summed E-state index contributed by atoms with van der Waals surface area (Å²) in [6, 6.07) is 2.66. The number of rotatable bonds is 5. The Balaban J connectivity index is 2.61. The molecule has 16 heavy (non-hydrogen) atoms. The number of aliphatic hydroxyl groups excluding tert-OH is 1. The summed E-state index contributed by atoms with van der Waals surface area (Å²) in [6.45, 7) is 4.12. The molecule has 1 atom stereocenters. The topological polar surface area (TPSA) is 88.3 Å². The molecule has 2 N–H and O–H groups in total. The van der Waals surface area contributed by atoms with Crippen molar-refractivity contribution in [1.82, 2.24) is 4.98 Å². The lowest BCUT2D eigenvalue weighted by atomic mass is 10.1. The van der Waals surface area contributed by atoms with Crippen molar-refractivity contribution in [3.8, 4) is 0 Å². The van der Waals surface area contributed by atoms with Crippen LogP contribution in [-0.4, -0.2) is 27.7 Å². The van der Waals surface area contributed by atoms with E-state index < -0.39 is 11.0 Å². The summed E-state index contributed by atoms with van der Waals surface area (Å²) in [5, 5.41) is 22.9. The third kappa shape index (κ3) is 3.47. The van der Waals surface area contributed by atoms with Crippen molar-refractivity contribution in [2.24, 2.45) is 5.92 Å². The van der Waals surface area contributed by atoms with E-state index in [1.165, 1.54) is 18.3 Å². The van der Waals surface area contributed by atoms with E-state index in [0.717, 1.165) is 0 Å². The lowest BCUT2D eigenvalue weighted by molar-refractivity contribution is -0.384. The Bertz CT molecular complexity index is 368. The Morgan fingerprint density at radius 1 is 1.62 bits per heavy atom. The Hall–Kier alpha value is -1.69. The summed E-state index contributed by atoms with van der Waals surface area (Å²) in [4.78, 5) is 13.9. The molecular weight excluding hydrogens is 210 g/mol. The third-order valence-corrected chi connectivity index (χ3v) is 2.22. The summed E-state index contributed by atoms with van der Waals surface area (Å²) >= 11 is 0. The summed E-state index contributed by atoms with van der Waals surface area (Å²) < 4.78 is 0. The van der Waals surface area contributed by atoms with Crippen molar-refractivity contribution in [3.63, 3.8) is 0 Å². The highest BCUT2D eigenvalue weighted by molar-refractivity contribution is 5.44. The van der Waals surface area contributed by atoms with E-state index in [1.54, 1.807) is 0 Å². The second-order valence-corrected chi connectivity index (χ2v) is 3.85. The van der Waals surface area contributed by atoms with Crippen LogP contribution in [0.3, 0.4) is 0 Å². The monoisotopic (exact) mass is 225 g/mol. The third-order valence-electron chi connectivity index (χ3n) is 2.22. The van der Waals surface area contributed by atoms with Gasteiger partial charge in [0, 0.05) is 18.8 Å². The van der Waals surface area contributed by atoms with E-state index in [0.29, 0.717) is 12.4 Å². The van der Waals surface area contributed by atoms with Crippen LogP contribution >= 0.6 is 0 Å². The fraction of sp³-hybridized carbons (Fsp3) is 0.500. The van der Waals surface area contributed by atoms with Crippen molar-refractivity contribution in [3.05, 3.63) is 28.4 Å². The number of anilines is 1. The number of nitrogens with one attached hydrogen (secondary N) is 1. The van der Waals surface area contributed by atoms with Gasteiger partial charge in [0.2, 0.25) is 0 Å². The SMILES string of the molecule is CC(C)C(O)CNc1cc([N+](=O)[O-])ccn1. The molecule has 0 aliphatic rings. The molecule has 0 amide bonds. The number of aromatic nitrogens is 1. The van der Waals surface area contributed by atoms with E-state index in [2.05, 4.69) is 10.3 Å². The maximum absolute atomic E-state index is 10.5. The second-order valence-electron chi connectivity index (χ2n) is 3.85. The van der Waals surface area contributed by atoms with Crippen LogP contribution in [-0.2, 0) is 0 Å². The predicted molar refractivity (Wildman–Crippen MR) is 60.2 cm³/mol. The molecule has 88 valence electrons. The molecule has 1 aromatic heterocycles. The van der Waals surface area contributed by atoms with E-state index in [-0.39, 0.29) is 11.6 Å². The molecular formula is C10H15N3O3. The molecule has 0 aromatic carbocycles. The molecule has 6 nitrogen and oxygen atoms in total. The lowest BCUT2D eigenvalue weighted by Crippen LogP contribution is -2.25. The molecule has 0 saturated carbocycles. The Kier molecular flexibility index (Phi) is 4.19. The van der Waals surface area contributed by atoms with Gasteiger partial charge in [-0.25, -0.2) is 4.98 Å². The van der Waals surface area contributed by atoms with Crippen LogP contribution in [0, 0.1) is 16.0 Å². The zero-order valence-electron chi connectivity index (χ0n) is 9.25. The van der Waals surface area contributed by atoms with Gasteiger partial charge in [0.25, 0.3) is 5.69 Å². The van der Waals surface area contributed by atoms with E-state index in [9.17, 15) is 15.2 Å². The number of hydrogen-bond donors (Lipinski definition) is 2. The minimum Gasteiger partial charge on any atom is -0.391 e. The van der Waals surface area contributed by atoms with Gasteiger partial charge >= 0.3 is 0 Å². The highest BCUT2D eigenvalue weighted by Crippen LogP contribution is 2.14. The van der Waals surface area contributed by atoms with Crippen LogP contribution in [0.2, 0.25) is 0 Å². The Morgan fingerprint density at radius 3 is 2.88 bits per heavy atom. The number of hydrogen-bond acceptors (Lipinski definition) is 5.